The molecular formula is C17H19N3. The van der Waals surface area contributed by atoms with Crippen LogP contribution in [0.3, 0.4) is 0 Å². The molecule has 0 bridgehead atoms. The van der Waals surface area contributed by atoms with E-state index >= 15 is 0 Å². The molecule has 102 valence electrons. The summed E-state index contributed by atoms with van der Waals surface area (Å²) in [6.45, 7) is 0.859. The summed E-state index contributed by atoms with van der Waals surface area (Å²) in [5, 5.41) is 3.45. The first kappa shape index (κ1) is 12.7. The summed E-state index contributed by atoms with van der Waals surface area (Å²) in [5.41, 5.74) is 3.65. The van der Waals surface area contributed by atoms with Crippen molar-refractivity contribution in [1.82, 2.24) is 10.2 Å². The lowest BCUT2D eigenvalue weighted by Crippen LogP contribution is -2.37. The van der Waals surface area contributed by atoms with Crippen LogP contribution in [0.2, 0.25) is 0 Å². The SMILES string of the molecule is CN(C)C1=Nc2ccccc2C(c2ccccc2)CN1. The molecule has 0 fully saturated rings. The molecule has 1 aliphatic rings. The molecule has 2 aromatic carbocycles. The first-order chi connectivity index (χ1) is 9.75. The molecular weight excluding hydrogens is 246 g/mol. The molecule has 1 N–H and O–H groups in total. The fourth-order valence-electron chi connectivity index (χ4n) is 2.58. The minimum absolute atomic E-state index is 0.327. The zero-order valence-corrected chi connectivity index (χ0v) is 11.9. The van der Waals surface area contributed by atoms with Crippen molar-refractivity contribution < 1.29 is 0 Å². The first-order valence-electron chi connectivity index (χ1n) is 6.89. The van der Waals surface area contributed by atoms with E-state index in [9.17, 15) is 0 Å². The highest BCUT2D eigenvalue weighted by molar-refractivity contribution is 5.84. The highest BCUT2D eigenvalue weighted by Gasteiger charge is 2.21. The van der Waals surface area contributed by atoms with Crippen molar-refractivity contribution in [3.63, 3.8) is 0 Å². The Morgan fingerprint density at radius 1 is 1.00 bits per heavy atom. The second kappa shape index (κ2) is 5.37. The van der Waals surface area contributed by atoms with Gasteiger partial charge in [0, 0.05) is 26.6 Å². The van der Waals surface area contributed by atoms with E-state index in [0.29, 0.717) is 5.92 Å². The second-order valence-corrected chi connectivity index (χ2v) is 5.23. The zero-order valence-electron chi connectivity index (χ0n) is 11.9. The minimum Gasteiger partial charge on any atom is -0.355 e. The number of nitrogens with one attached hydrogen (secondary N) is 1. The normalized spacial score (nSPS) is 17.5. The van der Waals surface area contributed by atoms with E-state index in [1.807, 2.05) is 25.1 Å². The molecule has 0 saturated carbocycles. The van der Waals surface area contributed by atoms with Crippen molar-refractivity contribution in [2.24, 2.45) is 4.99 Å². The van der Waals surface area contributed by atoms with Gasteiger partial charge in [-0.15, -0.1) is 0 Å². The summed E-state index contributed by atoms with van der Waals surface area (Å²) in [5.74, 6) is 1.24. The number of fused-ring (bicyclic) bond motifs is 1. The molecule has 0 aliphatic carbocycles. The summed E-state index contributed by atoms with van der Waals surface area (Å²) in [7, 11) is 4.02. The lowest BCUT2D eigenvalue weighted by atomic mass is 9.90. The Hall–Kier alpha value is -2.29. The fraction of sp³-hybridized carbons (Fsp3) is 0.235. The van der Waals surface area contributed by atoms with Crippen LogP contribution >= 0.6 is 0 Å². The van der Waals surface area contributed by atoms with E-state index in [1.165, 1.54) is 11.1 Å². The van der Waals surface area contributed by atoms with E-state index in [4.69, 9.17) is 4.99 Å². The van der Waals surface area contributed by atoms with E-state index in [0.717, 1.165) is 18.2 Å². The van der Waals surface area contributed by atoms with Gasteiger partial charge in [0.05, 0.1) is 5.69 Å². The van der Waals surface area contributed by atoms with Crippen LogP contribution < -0.4 is 5.32 Å². The molecule has 3 rings (SSSR count). The van der Waals surface area contributed by atoms with Crippen LogP contribution in [0.1, 0.15) is 17.0 Å². The van der Waals surface area contributed by atoms with Gasteiger partial charge in [-0.2, -0.15) is 0 Å². The molecule has 0 amide bonds. The highest BCUT2D eigenvalue weighted by atomic mass is 15.3. The largest absolute Gasteiger partial charge is 0.355 e. The topological polar surface area (TPSA) is 27.6 Å². The molecule has 0 radical (unpaired) electrons. The van der Waals surface area contributed by atoms with Crippen molar-refractivity contribution in [2.45, 2.75) is 5.92 Å². The van der Waals surface area contributed by atoms with E-state index in [2.05, 4.69) is 53.8 Å². The Bertz CT molecular complexity index is 617. The van der Waals surface area contributed by atoms with Crippen LogP contribution in [-0.2, 0) is 0 Å². The van der Waals surface area contributed by atoms with Crippen molar-refractivity contribution >= 4 is 11.6 Å². The predicted octanol–water partition coefficient (Wildman–Crippen LogP) is 2.97. The van der Waals surface area contributed by atoms with Crippen LogP contribution in [0.4, 0.5) is 5.69 Å². The molecule has 1 unspecified atom stereocenters. The second-order valence-electron chi connectivity index (χ2n) is 5.23. The maximum absolute atomic E-state index is 4.75. The number of hydrogen-bond acceptors (Lipinski definition) is 3. The van der Waals surface area contributed by atoms with Gasteiger partial charge in [-0.25, -0.2) is 4.99 Å². The summed E-state index contributed by atoms with van der Waals surface area (Å²) < 4.78 is 0. The van der Waals surface area contributed by atoms with Crippen LogP contribution in [-0.4, -0.2) is 31.5 Å². The lowest BCUT2D eigenvalue weighted by molar-refractivity contribution is 0.582. The molecule has 2 aromatic rings. The first-order valence-corrected chi connectivity index (χ1v) is 6.89. The molecule has 1 atom stereocenters. The highest BCUT2D eigenvalue weighted by Crippen LogP contribution is 2.33. The fourth-order valence-corrected chi connectivity index (χ4v) is 2.58. The van der Waals surface area contributed by atoms with Gasteiger partial charge in [-0.3, -0.25) is 0 Å². The Kier molecular flexibility index (Phi) is 3.42. The molecule has 1 heterocycles. The van der Waals surface area contributed by atoms with Gasteiger partial charge in [0.1, 0.15) is 0 Å². The van der Waals surface area contributed by atoms with Crippen molar-refractivity contribution in [3.8, 4) is 0 Å². The number of benzene rings is 2. The van der Waals surface area contributed by atoms with Gasteiger partial charge in [0.2, 0.25) is 0 Å². The average Bonchev–Trinajstić information content (AvgIpc) is 2.68. The van der Waals surface area contributed by atoms with Crippen LogP contribution in [0, 0.1) is 0 Å². The predicted molar refractivity (Wildman–Crippen MR) is 83.5 cm³/mol. The third-order valence-corrected chi connectivity index (χ3v) is 3.63. The molecule has 3 nitrogen and oxygen atoms in total. The Morgan fingerprint density at radius 2 is 1.70 bits per heavy atom. The van der Waals surface area contributed by atoms with Crippen molar-refractivity contribution in [3.05, 3.63) is 65.7 Å². The van der Waals surface area contributed by atoms with Gasteiger partial charge in [-0.1, -0.05) is 48.5 Å². The maximum Gasteiger partial charge on any atom is 0.198 e. The number of guanidine groups is 1. The summed E-state index contributed by atoms with van der Waals surface area (Å²) in [4.78, 5) is 6.76. The average molecular weight is 265 g/mol. The van der Waals surface area contributed by atoms with E-state index < -0.39 is 0 Å². The summed E-state index contributed by atoms with van der Waals surface area (Å²) >= 11 is 0. The zero-order chi connectivity index (χ0) is 13.9. The summed E-state index contributed by atoms with van der Waals surface area (Å²) in [6, 6.07) is 19.0. The molecule has 0 aromatic heterocycles. The monoisotopic (exact) mass is 265 g/mol. The number of hydrogen-bond donors (Lipinski definition) is 1. The van der Waals surface area contributed by atoms with Gasteiger partial charge >= 0.3 is 0 Å². The molecule has 20 heavy (non-hydrogen) atoms. The Morgan fingerprint density at radius 3 is 2.45 bits per heavy atom. The third-order valence-electron chi connectivity index (χ3n) is 3.63. The van der Waals surface area contributed by atoms with Gasteiger partial charge in [0.25, 0.3) is 0 Å². The number of rotatable bonds is 1. The Balaban J connectivity index is 2.06. The van der Waals surface area contributed by atoms with Crippen LogP contribution in [0.15, 0.2) is 59.6 Å². The molecule has 1 aliphatic heterocycles. The van der Waals surface area contributed by atoms with Crippen molar-refractivity contribution in [1.29, 1.82) is 0 Å². The molecule has 0 saturated heterocycles. The minimum atomic E-state index is 0.327. The van der Waals surface area contributed by atoms with Crippen LogP contribution in [0.25, 0.3) is 0 Å². The smallest absolute Gasteiger partial charge is 0.198 e. The number of para-hydroxylation sites is 1. The van der Waals surface area contributed by atoms with Gasteiger partial charge in [-0.05, 0) is 17.2 Å². The standard InChI is InChI=1S/C17H19N3/c1-20(2)17-18-12-15(13-8-4-3-5-9-13)14-10-6-7-11-16(14)19-17/h3-11,15H,12H2,1-2H3,(H,18,19). The van der Waals surface area contributed by atoms with E-state index in [1.54, 1.807) is 0 Å². The Labute approximate surface area is 120 Å². The summed E-state index contributed by atoms with van der Waals surface area (Å²) in [6.07, 6.45) is 0. The van der Waals surface area contributed by atoms with Gasteiger partial charge < -0.3 is 10.2 Å². The maximum atomic E-state index is 4.75. The lowest BCUT2D eigenvalue weighted by Gasteiger charge is -2.19. The van der Waals surface area contributed by atoms with Gasteiger partial charge in [0.15, 0.2) is 5.96 Å². The van der Waals surface area contributed by atoms with Crippen LogP contribution in [0.5, 0.6) is 0 Å². The quantitative estimate of drug-likeness (QED) is 0.858. The number of nitrogens with zero attached hydrogens (tertiary/aromatic N) is 2. The molecule has 3 heteroatoms. The van der Waals surface area contributed by atoms with Crippen molar-refractivity contribution in [2.75, 3.05) is 20.6 Å². The third kappa shape index (κ3) is 2.39. The van der Waals surface area contributed by atoms with E-state index in [-0.39, 0.29) is 0 Å². The number of aliphatic imine (C=N–C) groups is 1. The molecule has 0 spiro atoms.